The molecule has 2 aliphatic rings. The van der Waals surface area contributed by atoms with Gasteiger partial charge in [0.15, 0.2) is 0 Å². The monoisotopic (exact) mass is 259 g/mol. The van der Waals surface area contributed by atoms with Crippen molar-refractivity contribution in [3.8, 4) is 0 Å². The summed E-state index contributed by atoms with van der Waals surface area (Å²) in [5.41, 5.74) is 2.94. The lowest BCUT2D eigenvalue weighted by Gasteiger charge is -2.32. The Morgan fingerprint density at radius 2 is 2.16 bits per heavy atom. The van der Waals surface area contributed by atoms with Gasteiger partial charge in [-0.2, -0.15) is 0 Å². The number of hydrogen-bond acceptors (Lipinski definition) is 3. The molecule has 1 saturated heterocycles. The minimum atomic E-state index is -0.400. The smallest absolute Gasteiger partial charge is 0.254 e. The molecule has 0 radical (unpaired) electrons. The summed E-state index contributed by atoms with van der Waals surface area (Å²) in [6.45, 7) is 3.78. The quantitative estimate of drug-likeness (QED) is 0.777. The molecule has 0 saturated carbocycles. The van der Waals surface area contributed by atoms with E-state index in [1.54, 1.807) is 11.8 Å². The second kappa shape index (κ2) is 4.57. The minimum absolute atomic E-state index is 0.0705. The summed E-state index contributed by atoms with van der Waals surface area (Å²) in [5.74, 6) is -0.155. The number of anilines is 1. The molecular formula is C14H17N3O2. The number of rotatable bonds is 1. The van der Waals surface area contributed by atoms with Crippen LogP contribution in [0.1, 0.15) is 22.8 Å². The average molecular weight is 259 g/mol. The Labute approximate surface area is 112 Å². The second-order valence-corrected chi connectivity index (χ2v) is 5.01. The van der Waals surface area contributed by atoms with Crippen LogP contribution in [-0.4, -0.2) is 42.4 Å². The van der Waals surface area contributed by atoms with E-state index < -0.39 is 6.04 Å². The predicted molar refractivity (Wildman–Crippen MR) is 72.1 cm³/mol. The van der Waals surface area contributed by atoms with E-state index >= 15 is 0 Å². The topological polar surface area (TPSA) is 61.4 Å². The van der Waals surface area contributed by atoms with Crippen LogP contribution in [0.2, 0.25) is 0 Å². The van der Waals surface area contributed by atoms with E-state index in [2.05, 4.69) is 10.6 Å². The SMILES string of the molecule is CC1C(=O)NCCN1C(=O)c1ccc2c(c1)NCC2. The predicted octanol–water partition coefficient (Wildman–Crippen LogP) is 0.615. The molecule has 19 heavy (non-hydrogen) atoms. The number of carbonyl (C=O) groups excluding carboxylic acids is 2. The van der Waals surface area contributed by atoms with Crippen molar-refractivity contribution in [2.24, 2.45) is 0 Å². The molecule has 0 spiro atoms. The van der Waals surface area contributed by atoms with E-state index in [0.717, 1.165) is 18.7 Å². The van der Waals surface area contributed by atoms with Crippen LogP contribution in [0.3, 0.4) is 0 Å². The Balaban J connectivity index is 1.85. The van der Waals surface area contributed by atoms with Crippen LogP contribution in [0, 0.1) is 0 Å². The number of piperazine rings is 1. The zero-order valence-corrected chi connectivity index (χ0v) is 10.9. The maximum atomic E-state index is 12.5. The van der Waals surface area contributed by atoms with Gasteiger partial charge in [0, 0.05) is 30.9 Å². The van der Waals surface area contributed by atoms with Gasteiger partial charge in [-0.15, -0.1) is 0 Å². The molecule has 1 atom stereocenters. The highest BCUT2D eigenvalue weighted by molar-refractivity contribution is 5.99. The number of nitrogens with one attached hydrogen (secondary N) is 2. The zero-order chi connectivity index (χ0) is 13.4. The number of nitrogens with zero attached hydrogens (tertiary/aromatic N) is 1. The van der Waals surface area contributed by atoms with Gasteiger partial charge in [0.25, 0.3) is 5.91 Å². The Morgan fingerprint density at radius 3 is 3.00 bits per heavy atom. The van der Waals surface area contributed by atoms with E-state index in [4.69, 9.17) is 0 Å². The van der Waals surface area contributed by atoms with Crippen LogP contribution >= 0.6 is 0 Å². The third-order valence-corrected chi connectivity index (χ3v) is 3.83. The molecule has 1 unspecified atom stereocenters. The van der Waals surface area contributed by atoms with E-state index in [-0.39, 0.29) is 11.8 Å². The molecule has 2 amide bonds. The van der Waals surface area contributed by atoms with Gasteiger partial charge in [0.05, 0.1) is 0 Å². The van der Waals surface area contributed by atoms with Crippen LogP contribution in [-0.2, 0) is 11.2 Å². The minimum Gasteiger partial charge on any atom is -0.384 e. The van der Waals surface area contributed by atoms with Crippen molar-refractivity contribution in [1.29, 1.82) is 0 Å². The number of benzene rings is 1. The molecule has 1 aromatic rings. The normalized spacial score (nSPS) is 21.6. The number of hydrogen-bond donors (Lipinski definition) is 2. The standard InChI is InChI=1S/C14H17N3O2/c1-9-13(18)16-6-7-17(9)14(19)11-3-2-10-4-5-15-12(10)8-11/h2-3,8-9,15H,4-7H2,1H3,(H,16,18). The number of amides is 2. The summed E-state index contributed by atoms with van der Waals surface area (Å²) in [6.07, 6.45) is 1.01. The summed E-state index contributed by atoms with van der Waals surface area (Å²) in [6, 6.07) is 5.34. The van der Waals surface area contributed by atoms with Crippen molar-refractivity contribution in [2.75, 3.05) is 25.0 Å². The number of fused-ring (bicyclic) bond motifs is 1. The molecule has 2 aliphatic heterocycles. The Bertz CT molecular complexity index is 541. The summed E-state index contributed by atoms with van der Waals surface area (Å²) in [4.78, 5) is 25.7. The molecular weight excluding hydrogens is 242 g/mol. The Morgan fingerprint density at radius 1 is 1.32 bits per heavy atom. The molecule has 0 aliphatic carbocycles. The summed E-state index contributed by atoms with van der Waals surface area (Å²) < 4.78 is 0. The molecule has 100 valence electrons. The van der Waals surface area contributed by atoms with Crippen LogP contribution in [0.4, 0.5) is 5.69 Å². The van der Waals surface area contributed by atoms with Crippen LogP contribution < -0.4 is 10.6 Å². The average Bonchev–Trinajstić information content (AvgIpc) is 2.88. The van der Waals surface area contributed by atoms with Crippen molar-refractivity contribution < 1.29 is 9.59 Å². The molecule has 5 heteroatoms. The molecule has 2 N–H and O–H groups in total. The fourth-order valence-electron chi connectivity index (χ4n) is 2.65. The Hall–Kier alpha value is -2.04. The van der Waals surface area contributed by atoms with Gasteiger partial charge < -0.3 is 15.5 Å². The summed E-state index contributed by atoms with van der Waals surface area (Å²) >= 11 is 0. The van der Waals surface area contributed by atoms with E-state index in [1.165, 1.54) is 5.56 Å². The van der Waals surface area contributed by atoms with Gasteiger partial charge >= 0.3 is 0 Å². The van der Waals surface area contributed by atoms with E-state index in [0.29, 0.717) is 18.7 Å². The molecule has 2 heterocycles. The van der Waals surface area contributed by atoms with Gasteiger partial charge in [0.1, 0.15) is 6.04 Å². The fourth-order valence-corrected chi connectivity index (χ4v) is 2.65. The van der Waals surface area contributed by atoms with Gasteiger partial charge in [-0.05, 0) is 31.0 Å². The maximum Gasteiger partial charge on any atom is 0.254 e. The molecule has 5 nitrogen and oxygen atoms in total. The van der Waals surface area contributed by atoms with Crippen LogP contribution in [0.5, 0.6) is 0 Å². The van der Waals surface area contributed by atoms with Gasteiger partial charge in [-0.25, -0.2) is 0 Å². The molecule has 1 fully saturated rings. The van der Waals surface area contributed by atoms with Crippen LogP contribution in [0.25, 0.3) is 0 Å². The lowest BCUT2D eigenvalue weighted by atomic mass is 10.1. The molecule has 3 rings (SSSR count). The van der Waals surface area contributed by atoms with E-state index in [1.807, 2.05) is 18.2 Å². The first-order valence-electron chi connectivity index (χ1n) is 6.62. The lowest BCUT2D eigenvalue weighted by molar-refractivity contribution is -0.127. The highest BCUT2D eigenvalue weighted by atomic mass is 16.2. The summed E-state index contributed by atoms with van der Waals surface area (Å²) in [5, 5.41) is 6.03. The molecule has 1 aromatic carbocycles. The first-order chi connectivity index (χ1) is 9.16. The second-order valence-electron chi connectivity index (χ2n) is 5.01. The fraction of sp³-hybridized carbons (Fsp3) is 0.429. The van der Waals surface area contributed by atoms with Gasteiger partial charge in [-0.3, -0.25) is 9.59 Å². The zero-order valence-electron chi connectivity index (χ0n) is 10.9. The third-order valence-electron chi connectivity index (χ3n) is 3.83. The van der Waals surface area contributed by atoms with Gasteiger partial charge in [0.2, 0.25) is 5.91 Å². The molecule has 0 bridgehead atoms. The highest BCUT2D eigenvalue weighted by Crippen LogP contribution is 2.24. The third kappa shape index (κ3) is 2.05. The van der Waals surface area contributed by atoms with Crippen molar-refractivity contribution in [3.05, 3.63) is 29.3 Å². The molecule has 0 aromatic heterocycles. The van der Waals surface area contributed by atoms with Crippen molar-refractivity contribution in [1.82, 2.24) is 10.2 Å². The largest absolute Gasteiger partial charge is 0.384 e. The summed E-state index contributed by atoms with van der Waals surface area (Å²) in [7, 11) is 0. The van der Waals surface area contributed by atoms with Crippen molar-refractivity contribution in [2.45, 2.75) is 19.4 Å². The number of carbonyl (C=O) groups is 2. The lowest BCUT2D eigenvalue weighted by Crippen LogP contribution is -2.55. The van der Waals surface area contributed by atoms with Gasteiger partial charge in [-0.1, -0.05) is 6.07 Å². The Kier molecular flexibility index (Phi) is 2.89. The van der Waals surface area contributed by atoms with Crippen molar-refractivity contribution in [3.63, 3.8) is 0 Å². The van der Waals surface area contributed by atoms with Crippen molar-refractivity contribution >= 4 is 17.5 Å². The first kappa shape index (κ1) is 12.0. The maximum absolute atomic E-state index is 12.5. The van der Waals surface area contributed by atoms with E-state index in [9.17, 15) is 9.59 Å². The first-order valence-corrected chi connectivity index (χ1v) is 6.62. The van der Waals surface area contributed by atoms with Crippen LogP contribution in [0.15, 0.2) is 18.2 Å². The highest BCUT2D eigenvalue weighted by Gasteiger charge is 2.30.